The molecule has 0 spiro atoms. The number of hydrogen-bond donors (Lipinski definition) is 1. The van der Waals surface area contributed by atoms with Crippen LogP contribution in [-0.2, 0) is 17.4 Å². The third kappa shape index (κ3) is 2.90. The van der Waals surface area contributed by atoms with Gasteiger partial charge in [-0.3, -0.25) is 9.78 Å². The molecule has 18 heavy (non-hydrogen) atoms. The van der Waals surface area contributed by atoms with Crippen molar-refractivity contribution in [1.82, 2.24) is 4.98 Å². The molecule has 3 nitrogen and oxygen atoms in total. The Hall–Kier alpha value is -1.80. The van der Waals surface area contributed by atoms with Gasteiger partial charge >= 0.3 is 12.1 Å². The summed E-state index contributed by atoms with van der Waals surface area (Å²) in [7, 11) is 0. The van der Waals surface area contributed by atoms with Crippen molar-refractivity contribution in [2.45, 2.75) is 19.0 Å². The van der Waals surface area contributed by atoms with Gasteiger partial charge in [0.1, 0.15) is 5.82 Å². The number of carboxylic acids is 1. The minimum absolute atomic E-state index is 0.0498. The van der Waals surface area contributed by atoms with Crippen LogP contribution in [0.4, 0.5) is 26.3 Å². The van der Waals surface area contributed by atoms with Gasteiger partial charge in [0.25, 0.3) is 6.43 Å². The van der Waals surface area contributed by atoms with Crippen LogP contribution in [0.15, 0.2) is 6.20 Å². The maximum atomic E-state index is 13.4. The largest absolute Gasteiger partial charge is 0.481 e. The van der Waals surface area contributed by atoms with E-state index in [0.29, 0.717) is 0 Å². The molecule has 0 radical (unpaired) electrons. The number of carbonyl (C=O) groups is 1. The topological polar surface area (TPSA) is 50.2 Å². The van der Waals surface area contributed by atoms with Crippen LogP contribution >= 0.6 is 0 Å². The number of nitrogens with zero attached hydrogens (tertiary/aromatic N) is 1. The van der Waals surface area contributed by atoms with Crippen LogP contribution in [-0.4, -0.2) is 16.1 Å². The van der Waals surface area contributed by atoms with Gasteiger partial charge in [-0.15, -0.1) is 0 Å². The molecule has 0 aliphatic carbocycles. The highest BCUT2D eigenvalue weighted by Crippen LogP contribution is 2.34. The SMILES string of the molecule is O=C(O)Cc1c(C(F)(F)F)ncc(C(F)F)c1F. The molecule has 0 aliphatic rings. The molecule has 1 aromatic rings. The first kappa shape index (κ1) is 14.3. The van der Waals surface area contributed by atoms with Crippen molar-refractivity contribution in [3.63, 3.8) is 0 Å². The average molecular weight is 273 g/mol. The van der Waals surface area contributed by atoms with E-state index in [-0.39, 0.29) is 6.20 Å². The molecule has 0 aliphatic heterocycles. The molecule has 0 amide bonds. The van der Waals surface area contributed by atoms with Crippen molar-refractivity contribution in [1.29, 1.82) is 0 Å². The Kier molecular flexibility index (Phi) is 3.82. The Bertz CT molecular complexity index is 471. The van der Waals surface area contributed by atoms with Gasteiger partial charge in [-0.2, -0.15) is 13.2 Å². The second kappa shape index (κ2) is 4.83. The van der Waals surface area contributed by atoms with Crippen LogP contribution in [0.1, 0.15) is 23.2 Å². The lowest BCUT2D eigenvalue weighted by molar-refractivity contribution is -0.143. The van der Waals surface area contributed by atoms with E-state index in [9.17, 15) is 31.1 Å². The van der Waals surface area contributed by atoms with Crippen LogP contribution < -0.4 is 0 Å². The summed E-state index contributed by atoms with van der Waals surface area (Å²) in [6.07, 6.45) is -9.83. The Morgan fingerprint density at radius 2 is 1.94 bits per heavy atom. The normalized spacial score (nSPS) is 11.9. The first-order valence-corrected chi connectivity index (χ1v) is 4.39. The number of aliphatic carboxylic acids is 1. The average Bonchev–Trinajstić information content (AvgIpc) is 2.17. The Morgan fingerprint density at radius 1 is 1.39 bits per heavy atom. The molecule has 0 fully saturated rings. The monoisotopic (exact) mass is 273 g/mol. The summed E-state index contributed by atoms with van der Waals surface area (Å²) in [6, 6.07) is 0. The zero-order valence-corrected chi connectivity index (χ0v) is 8.43. The first-order valence-electron chi connectivity index (χ1n) is 4.39. The fraction of sp³-hybridized carbons (Fsp3) is 0.333. The van der Waals surface area contributed by atoms with E-state index < -0.39 is 47.6 Å². The van der Waals surface area contributed by atoms with E-state index in [4.69, 9.17) is 5.11 Å². The van der Waals surface area contributed by atoms with Gasteiger partial charge in [-0.05, 0) is 0 Å². The van der Waals surface area contributed by atoms with Gasteiger partial charge in [0.2, 0.25) is 0 Å². The highest BCUT2D eigenvalue weighted by Gasteiger charge is 2.38. The fourth-order valence-electron chi connectivity index (χ4n) is 1.26. The quantitative estimate of drug-likeness (QED) is 0.861. The Balaban J connectivity index is 3.46. The standard InChI is InChI=1S/C9H5F6NO2/c10-6-3(1-5(17)18)7(9(13,14)15)16-2-4(6)8(11)12/h2,8H,1H2,(H,17,18). The van der Waals surface area contributed by atoms with E-state index in [1.54, 1.807) is 0 Å². The minimum atomic E-state index is -5.12. The van der Waals surface area contributed by atoms with Crippen LogP contribution in [0.2, 0.25) is 0 Å². The smallest absolute Gasteiger partial charge is 0.433 e. The molecule has 1 rings (SSSR count). The van der Waals surface area contributed by atoms with Crippen LogP contribution in [0.25, 0.3) is 0 Å². The number of pyridine rings is 1. The van der Waals surface area contributed by atoms with E-state index in [1.807, 2.05) is 0 Å². The van der Waals surface area contributed by atoms with Crippen molar-refractivity contribution >= 4 is 5.97 Å². The van der Waals surface area contributed by atoms with Gasteiger partial charge in [0.05, 0.1) is 12.0 Å². The predicted molar refractivity (Wildman–Crippen MR) is 45.5 cm³/mol. The third-order valence-corrected chi connectivity index (χ3v) is 1.97. The van der Waals surface area contributed by atoms with Crippen molar-refractivity contribution in [3.05, 3.63) is 28.8 Å². The number of aromatic nitrogens is 1. The molecule has 100 valence electrons. The summed E-state index contributed by atoms with van der Waals surface area (Å²) < 4.78 is 75.1. The van der Waals surface area contributed by atoms with Crippen LogP contribution in [0.3, 0.4) is 0 Å². The zero-order valence-electron chi connectivity index (χ0n) is 8.43. The second-order valence-electron chi connectivity index (χ2n) is 3.22. The van der Waals surface area contributed by atoms with Crippen molar-refractivity contribution in [2.75, 3.05) is 0 Å². The van der Waals surface area contributed by atoms with Crippen molar-refractivity contribution < 1.29 is 36.2 Å². The molecular weight excluding hydrogens is 268 g/mol. The molecule has 9 heteroatoms. The molecule has 0 bridgehead atoms. The van der Waals surface area contributed by atoms with Gasteiger partial charge in [-0.25, -0.2) is 13.2 Å². The molecule has 0 unspecified atom stereocenters. The molecule has 1 aromatic heterocycles. The lowest BCUT2D eigenvalue weighted by Gasteiger charge is -2.13. The first-order chi connectivity index (χ1) is 8.14. The third-order valence-electron chi connectivity index (χ3n) is 1.97. The molecular formula is C9H5F6NO2. The fourth-order valence-corrected chi connectivity index (χ4v) is 1.26. The number of hydrogen-bond acceptors (Lipinski definition) is 2. The van der Waals surface area contributed by atoms with E-state index >= 15 is 0 Å². The lowest BCUT2D eigenvalue weighted by Crippen LogP contribution is -2.17. The predicted octanol–water partition coefficient (Wildman–Crippen LogP) is 2.80. The van der Waals surface area contributed by atoms with E-state index in [1.165, 1.54) is 0 Å². The lowest BCUT2D eigenvalue weighted by atomic mass is 10.1. The van der Waals surface area contributed by atoms with Crippen LogP contribution in [0.5, 0.6) is 0 Å². The molecule has 0 atom stereocenters. The minimum Gasteiger partial charge on any atom is -0.481 e. The summed E-state index contributed by atoms with van der Waals surface area (Å²) in [5.74, 6) is -3.68. The zero-order chi connectivity index (χ0) is 14.1. The Morgan fingerprint density at radius 3 is 2.33 bits per heavy atom. The van der Waals surface area contributed by atoms with Crippen LogP contribution in [0, 0.1) is 5.82 Å². The van der Waals surface area contributed by atoms with Gasteiger partial charge in [0, 0.05) is 11.8 Å². The van der Waals surface area contributed by atoms with Gasteiger partial charge < -0.3 is 5.11 Å². The van der Waals surface area contributed by atoms with Crippen molar-refractivity contribution in [2.24, 2.45) is 0 Å². The number of carboxylic acid groups (broad SMARTS) is 1. The number of halogens is 6. The van der Waals surface area contributed by atoms with E-state index in [0.717, 1.165) is 0 Å². The maximum absolute atomic E-state index is 13.4. The second-order valence-corrected chi connectivity index (χ2v) is 3.22. The maximum Gasteiger partial charge on any atom is 0.433 e. The molecule has 0 aromatic carbocycles. The van der Waals surface area contributed by atoms with E-state index in [2.05, 4.69) is 4.98 Å². The summed E-state index contributed by atoms with van der Waals surface area (Å²) in [4.78, 5) is 13.0. The molecule has 0 saturated carbocycles. The highest BCUT2D eigenvalue weighted by molar-refractivity contribution is 5.70. The molecule has 1 N–H and O–H groups in total. The summed E-state index contributed by atoms with van der Waals surface area (Å²) in [6.45, 7) is 0. The van der Waals surface area contributed by atoms with Crippen molar-refractivity contribution in [3.8, 4) is 0 Å². The molecule has 0 saturated heterocycles. The summed E-state index contributed by atoms with van der Waals surface area (Å²) in [5.41, 5.74) is -4.57. The number of rotatable bonds is 3. The summed E-state index contributed by atoms with van der Waals surface area (Å²) >= 11 is 0. The highest BCUT2D eigenvalue weighted by atomic mass is 19.4. The van der Waals surface area contributed by atoms with Gasteiger partial charge in [-0.1, -0.05) is 0 Å². The Labute approximate surface area is 96.1 Å². The molecule has 1 heterocycles. The summed E-state index contributed by atoms with van der Waals surface area (Å²) in [5, 5.41) is 8.36. The van der Waals surface area contributed by atoms with Gasteiger partial charge in [0.15, 0.2) is 5.69 Å². The number of alkyl halides is 5.